The number of ether oxygens (including phenoxy) is 2. The number of carbonyl (C=O) groups excluding carboxylic acids is 1. The van der Waals surface area contributed by atoms with E-state index in [1.807, 2.05) is 0 Å². The molecule has 1 saturated carbocycles. The standard InChI is InChI=1S/C33H31F10NO3/c1-17(2)24-14-25(27(46-3)15-26(24)34)23-9-8-20(31(35,36)37)12-19(23)16-44-29(45)47-28(30(44)10-11-30)18-4-6-21(32(38,39)40)13-22(7-5-18)33(41,42)43/h6,8-9,12-15,17-18,28H,4-5,7,10-11,16H2,1-3H3/b21-6+,22-13+/t18?,28-/m1/s1. The monoisotopic (exact) mass is 679 g/mol. The molecule has 0 bridgehead atoms. The molecular formula is C33H31F10NO3. The summed E-state index contributed by atoms with van der Waals surface area (Å²) in [6.45, 7) is 3.04. The molecule has 3 aliphatic rings. The molecule has 2 aliphatic carbocycles. The summed E-state index contributed by atoms with van der Waals surface area (Å²) in [6.07, 6.45) is -16.9. The van der Waals surface area contributed by atoms with Gasteiger partial charge in [-0.15, -0.1) is 0 Å². The molecule has 0 radical (unpaired) electrons. The molecule has 2 fully saturated rings. The first kappa shape index (κ1) is 34.6. The average Bonchev–Trinajstić information content (AvgIpc) is 3.69. The number of carbonyl (C=O) groups is 1. The van der Waals surface area contributed by atoms with Crippen LogP contribution in [0.25, 0.3) is 11.1 Å². The first-order valence-corrected chi connectivity index (χ1v) is 14.9. The zero-order chi connectivity index (χ0) is 34.7. The lowest BCUT2D eigenvalue weighted by Gasteiger charge is -2.31. The Morgan fingerprint density at radius 2 is 1.64 bits per heavy atom. The summed E-state index contributed by atoms with van der Waals surface area (Å²) in [6, 6.07) is 5.49. The van der Waals surface area contributed by atoms with Gasteiger partial charge in [0.1, 0.15) is 17.7 Å². The Balaban J connectivity index is 1.53. The van der Waals surface area contributed by atoms with Gasteiger partial charge in [-0.1, -0.05) is 26.0 Å². The highest BCUT2D eigenvalue weighted by atomic mass is 19.4. The van der Waals surface area contributed by atoms with Gasteiger partial charge in [0, 0.05) is 23.1 Å². The van der Waals surface area contributed by atoms with E-state index < -0.39 is 77.7 Å². The topological polar surface area (TPSA) is 38.8 Å². The summed E-state index contributed by atoms with van der Waals surface area (Å²) in [7, 11) is 1.27. The predicted octanol–water partition coefficient (Wildman–Crippen LogP) is 10.3. The van der Waals surface area contributed by atoms with Crippen molar-refractivity contribution in [3.8, 4) is 16.9 Å². The number of hydrogen-bond donors (Lipinski definition) is 0. The molecular weight excluding hydrogens is 648 g/mol. The molecule has 4 nitrogen and oxygen atoms in total. The normalized spacial score (nSPS) is 24.0. The largest absolute Gasteiger partial charge is 0.496 e. The maximum absolute atomic E-state index is 14.8. The molecule has 1 saturated heterocycles. The SMILES string of the molecule is COc1cc(F)c(C(C)C)cc1-c1ccc(C(F)(F)F)cc1CN1C(=O)O[C@H](C2C/C=C(C(F)(F)F)\C=C(\C(F)(F)F)CC2)C12CC2. The van der Waals surface area contributed by atoms with E-state index in [0.717, 1.165) is 18.2 Å². The van der Waals surface area contributed by atoms with Crippen molar-refractivity contribution >= 4 is 6.09 Å². The molecule has 47 heavy (non-hydrogen) atoms. The average molecular weight is 680 g/mol. The van der Waals surface area contributed by atoms with Crippen molar-refractivity contribution in [2.24, 2.45) is 5.92 Å². The fourth-order valence-corrected chi connectivity index (χ4v) is 6.54. The maximum Gasteiger partial charge on any atom is 0.416 e. The highest BCUT2D eigenvalue weighted by Gasteiger charge is 2.64. The molecule has 1 unspecified atom stereocenters. The van der Waals surface area contributed by atoms with Crippen LogP contribution in [0.1, 0.15) is 68.6 Å². The summed E-state index contributed by atoms with van der Waals surface area (Å²) in [5.74, 6) is -1.78. The van der Waals surface area contributed by atoms with Gasteiger partial charge < -0.3 is 9.47 Å². The number of halogens is 10. The molecule has 14 heteroatoms. The number of nitrogens with zero attached hydrogens (tertiary/aromatic N) is 1. The van der Waals surface area contributed by atoms with Crippen LogP contribution in [-0.4, -0.2) is 42.1 Å². The molecule has 1 amide bonds. The summed E-state index contributed by atoms with van der Waals surface area (Å²) in [5.41, 5.74) is -4.21. The molecule has 1 aliphatic heterocycles. The number of methoxy groups -OCH3 is 1. The van der Waals surface area contributed by atoms with Crippen molar-refractivity contribution in [3.63, 3.8) is 0 Å². The van der Waals surface area contributed by atoms with E-state index in [1.165, 1.54) is 24.1 Å². The van der Waals surface area contributed by atoms with Crippen LogP contribution in [0.15, 0.2) is 53.6 Å². The second kappa shape index (κ2) is 12.1. The summed E-state index contributed by atoms with van der Waals surface area (Å²) >= 11 is 0. The Labute approximate surface area is 264 Å². The lowest BCUT2D eigenvalue weighted by Crippen LogP contribution is -2.42. The van der Waals surface area contributed by atoms with E-state index in [1.54, 1.807) is 13.8 Å². The Hall–Kier alpha value is -3.71. The zero-order valence-electron chi connectivity index (χ0n) is 25.5. The Morgan fingerprint density at radius 3 is 2.19 bits per heavy atom. The molecule has 0 aromatic heterocycles. The van der Waals surface area contributed by atoms with E-state index in [-0.39, 0.29) is 65.7 Å². The first-order chi connectivity index (χ1) is 21.8. The lowest BCUT2D eigenvalue weighted by atomic mass is 9.83. The van der Waals surface area contributed by atoms with Crippen LogP contribution in [0.3, 0.4) is 0 Å². The lowest BCUT2D eigenvalue weighted by molar-refractivity contribution is -0.137. The van der Waals surface area contributed by atoms with Gasteiger partial charge in [-0.3, -0.25) is 4.90 Å². The van der Waals surface area contributed by atoms with Gasteiger partial charge in [0.15, 0.2) is 0 Å². The van der Waals surface area contributed by atoms with Gasteiger partial charge in [0.2, 0.25) is 0 Å². The predicted molar refractivity (Wildman–Crippen MR) is 151 cm³/mol. The van der Waals surface area contributed by atoms with Gasteiger partial charge in [0.25, 0.3) is 0 Å². The van der Waals surface area contributed by atoms with Crippen molar-refractivity contribution in [3.05, 3.63) is 76.1 Å². The number of benzene rings is 2. The van der Waals surface area contributed by atoms with E-state index in [9.17, 15) is 48.7 Å². The summed E-state index contributed by atoms with van der Waals surface area (Å²) < 4.78 is 149. The summed E-state index contributed by atoms with van der Waals surface area (Å²) in [5, 5.41) is 0. The van der Waals surface area contributed by atoms with E-state index in [2.05, 4.69) is 0 Å². The van der Waals surface area contributed by atoms with Crippen molar-refractivity contribution in [2.75, 3.05) is 7.11 Å². The van der Waals surface area contributed by atoms with E-state index >= 15 is 0 Å². The number of rotatable bonds is 6. The van der Waals surface area contributed by atoms with Gasteiger partial charge in [0.05, 0.1) is 30.3 Å². The van der Waals surface area contributed by atoms with Crippen LogP contribution in [0.4, 0.5) is 48.7 Å². The van der Waals surface area contributed by atoms with Gasteiger partial charge in [-0.05, 0) is 79.0 Å². The fraction of sp³-hybridized carbons (Fsp3) is 0.485. The third-order valence-corrected chi connectivity index (χ3v) is 9.14. The van der Waals surface area contributed by atoms with Crippen LogP contribution < -0.4 is 4.74 Å². The number of amides is 1. The van der Waals surface area contributed by atoms with Gasteiger partial charge in [-0.25, -0.2) is 9.18 Å². The molecule has 2 aromatic carbocycles. The van der Waals surface area contributed by atoms with Crippen LogP contribution in [0, 0.1) is 11.7 Å². The molecule has 2 aromatic rings. The molecule has 5 rings (SSSR count). The molecule has 2 atom stereocenters. The zero-order valence-corrected chi connectivity index (χ0v) is 25.5. The van der Waals surface area contributed by atoms with Crippen LogP contribution in [0.2, 0.25) is 0 Å². The Bertz CT molecular complexity index is 1600. The molecule has 0 N–H and O–H groups in total. The third kappa shape index (κ3) is 6.83. The Kier molecular flexibility index (Phi) is 8.89. The third-order valence-electron chi connectivity index (χ3n) is 9.14. The van der Waals surface area contributed by atoms with Crippen molar-refractivity contribution < 1.29 is 58.2 Å². The first-order valence-electron chi connectivity index (χ1n) is 14.9. The van der Waals surface area contributed by atoms with Crippen molar-refractivity contribution in [1.82, 2.24) is 4.90 Å². The van der Waals surface area contributed by atoms with E-state index in [0.29, 0.717) is 6.08 Å². The second-order valence-corrected chi connectivity index (χ2v) is 12.5. The molecule has 256 valence electrons. The van der Waals surface area contributed by atoms with E-state index in [4.69, 9.17) is 9.47 Å². The highest BCUT2D eigenvalue weighted by Crippen LogP contribution is 2.55. The van der Waals surface area contributed by atoms with Gasteiger partial charge in [-0.2, -0.15) is 39.5 Å². The number of hydrogen-bond acceptors (Lipinski definition) is 3. The minimum atomic E-state index is -5.05. The van der Waals surface area contributed by atoms with Crippen LogP contribution in [-0.2, 0) is 17.5 Å². The maximum atomic E-state index is 14.8. The second-order valence-electron chi connectivity index (χ2n) is 12.5. The minimum Gasteiger partial charge on any atom is -0.496 e. The Morgan fingerprint density at radius 1 is 0.957 bits per heavy atom. The van der Waals surface area contributed by atoms with Gasteiger partial charge >= 0.3 is 24.6 Å². The quantitative estimate of drug-likeness (QED) is 0.285. The van der Waals surface area contributed by atoms with Crippen LogP contribution >= 0.6 is 0 Å². The number of cyclic esters (lactones) is 1. The molecule has 1 spiro atoms. The highest BCUT2D eigenvalue weighted by molar-refractivity contribution is 5.77. The minimum absolute atomic E-state index is 0.0162. The number of alkyl halides is 9. The van der Waals surface area contributed by atoms with Crippen molar-refractivity contribution in [1.29, 1.82) is 0 Å². The molecule has 1 heterocycles. The smallest absolute Gasteiger partial charge is 0.416 e. The van der Waals surface area contributed by atoms with Crippen molar-refractivity contribution in [2.45, 2.75) is 88.6 Å². The number of allylic oxidation sites excluding steroid dienone is 4. The van der Waals surface area contributed by atoms with Crippen LogP contribution in [0.5, 0.6) is 5.75 Å². The fourth-order valence-electron chi connectivity index (χ4n) is 6.54. The summed E-state index contributed by atoms with van der Waals surface area (Å²) in [4.78, 5) is 14.6.